The first-order valence-electron chi connectivity index (χ1n) is 6.15. The van der Waals surface area contributed by atoms with Crippen LogP contribution in [0, 0.1) is 0 Å². The molecule has 1 aromatic carbocycles. The van der Waals surface area contributed by atoms with Gasteiger partial charge in [0.05, 0.1) is 18.6 Å². The van der Waals surface area contributed by atoms with Gasteiger partial charge in [-0.25, -0.2) is 4.52 Å². The zero-order chi connectivity index (χ0) is 14.4. The van der Waals surface area contributed by atoms with Crippen LogP contribution in [0.15, 0.2) is 39.6 Å². The van der Waals surface area contributed by atoms with Gasteiger partial charge in [-0.2, -0.15) is 0 Å². The molecule has 3 heterocycles. The van der Waals surface area contributed by atoms with E-state index >= 15 is 0 Å². The Morgan fingerprint density at radius 1 is 1.24 bits per heavy atom. The highest BCUT2D eigenvalue weighted by Gasteiger charge is 2.16. The maximum atomic E-state index is 12.1. The number of hydrogen-bond donors (Lipinski definition) is 1. The Bertz CT molecular complexity index is 1010. The van der Waals surface area contributed by atoms with E-state index in [1.54, 1.807) is 18.2 Å². The molecule has 0 fully saturated rings. The summed E-state index contributed by atoms with van der Waals surface area (Å²) in [5.41, 5.74) is 0.738. The van der Waals surface area contributed by atoms with Crippen LogP contribution in [0.2, 0.25) is 0 Å². The largest absolute Gasteiger partial charge is 0.467 e. The van der Waals surface area contributed by atoms with Gasteiger partial charge in [0.15, 0.2) is 11.3 Å². The summed E-state index contributed by atoms with van der Waals surface area (Å²) in [6.07, 6.45) is 0. The fraction of sp³-hybridized carbons (Fsp3) is 0.0769. The molecule has 0 radical (unpaired) electrons. The number of H-pyrrole nitrogens is 1. The molecule has 21 heavy (non-hydrogen) atoms. The van der Waals surface area contributed by atoms with E-state index in [0.29, 0.717) is 22.6 Å². The molecule has 0 aliphatic carbocycles. The van der Waals surface area contributed by atoms with Crippen molar-refractivity contribution in [3.8, 4) is 17.5 Å². The molecule has 0 aliphatic heterocycles. The standard InChI is InChI=1S/C13H9N5O3/c1-20-10-6-9(17-21-10)12-15-14-11-7-4-2-3-5-8(7)13(19)16-18(11)12/h2-6H,1H3,(H,16,19). The average Bonchev–Trinajstić information content (AvgIpc) is 3.13. The molecule has 0 atom stereocenters. The van der Waals surface area contributed by atoms with Crippen molar-refractivity contribution >= 4 is 16.4 Å². The van der Waals surface area contributed by atoms with Crippen LogP contribution in [0.25, 0.3) is 27.9 Å². The second-order valence-corrected chi connectivity index (χ2v) is 4.40. The number of hydrogen-bond acceptors (Lipinski definition) is 6. The molecule has 4 rings (SSSR count). The van der Waals surface area contributed by atoms with E-state index in [1.807, 2.05) is 12.1 Å². The lowest BCUT2D eigenvalue weighted by molar-refractivity contribution is 0.261. The number of ether oxygens (including phenoxy) is 1. The smallest absolute Gasteiger partial charge is 0.311 e. The number of benzene rings is 1. The molecule has 8 heteroatoms. The van der Waals surface area contributed by atoms with Gasteiger partial charge in [-0.3, -0.25) is 9.89 Å². The van der Waals surface area contributed by atoms with Gasteiger partial charge in [-0.1, -0.05) is 23.4 Å². The maximum absolute atomic E-state index is 12.1. The molecule has 3 aromatic heterocycles. The third-order valence-corrected chi connectivity index (χ3v) is 3.21. The minimum Gasteiger partial charge on any atom is -0.467 e. The monoisotopic (exact) mass is 283 g/mol. The van der Waals surface area contributed by atoms with Crippen LogP contribution in [0.4, 0.5) is 0 Å². The Morgan fingerprint density at radius 2 is 2.05 bits per heavy atom. The second-order valence-electron chi connectivity index (χ2n) is 4.40. The predicted octanol–water partition coefficient (Wildman–Crippen LogP) is 1.23. The zero-order valence-corrected chi connectivity index (χ0v) is 10.9. The summed E-state index contributed by atoms with van der Waals surface area (Å²) in [5.74, 6) is 0.629. The van der Waals surface area contributed by atoms with E-state index in [9.17, 15) is 4.79 Å². The topological polar surface area (TPSA) is 98.3 Å². The Labute approximate surface area is 116 Å². The molecule has 0 spiro atoms. The van der Waals surface area contributed by atoms with E-state index in [2.05, 4.69) is 20.5 Å². The first-order valence-corrected chi connectivity index (χ1v) is 6.15. The Balaban J connectivity index is 2.06. The molecule has 0 unspecified atom stereocenters. The number of aromatic amines is 1. The molecular formula is C13H9N5O3. The lowest BCUT2D eigenvalue weighted by atomic mass is 10.2. The molecule has 1 N–H and O–H groups in total. The minimum absolute atomic E-state index is 0.227. The molecule has 104 valence electrons. The van der Waals surface area contributed by atoms with Crippen molar-refractivity contribution < 1.29 is 9.26 Å². The lowest BCUT2D eigenvalue weighted by Crippen LogP contribution is -2.12. The quantitative estimate of drug-likeness (QED) is 0.594. The van der Waals surface area contributed by atoms with Crippen molar-refractivity contribution in [3.05, 3.63) is 40.7 Å². The van der Waals surface area contributed by atoms with E-state index in [-0.39, 0.29) is 11.5 Å². The van der Waals surface area contributed by atoms with Crippen molar-refractivity contribution in [2.75, 3.05) is 7.11 Å². The van der Waals surface area contributed by atoms with E-state index in [4.69, 9.17) is 9.26 Å². The van der Waals surface area contributed by atoms with Crippen molar-refractivity contribution in [1.82, 2.24) is 25.0 Å². The summed E-state index contributed by atoms with van der Waals surface area (Å²) in [6.45, 7) is 0. The highest BCUT2D eigenvalue weighted by atomic mass is 16.6. The number of methoxy groups -OCH3 is 1. The summed E-state index contributed by atoms with van der Waals surface area (Å²) in [4.78, 5) is 12.1. The summed E-state index contributed by atoms with van der Waals surface area (Å²) >= 11 is 0. The van der Waals surface area contributed by atoms with Gasteiger partial charge < -0.3 is 9.26 Å². The van der Waals surface area contributed by atoms with Gasteiger partial charge in [-0.05, 0) is 6.07 Å². The normalized spacial score (nSPS) is 11.3. The number of aromatic nitrogens is 5. The zero-order valence-electron chi connectivity index (χ0n) is 10.9. The maximum Gasteiger partial charge on any atom is 0.311 e. The predicted molar refractivity (Wildman–Crippen MR) is 73.2 cm³/mol. The summed E-state index contributed by atoms with van der Waals surface area (Å²) < 4.78 is 11.4. The second kappa shape index (κ2) is 4.17. The molecule has 0 amide bonds. The van der Waals surface area contributed by atoms with E-state index in [0.717, 1.165) is 5.39 Å². The molecule has 0 saturated carbocycles. The molecule has 0 bridgehead atoms. The summed E-state index contributed by atoms with van der Waals surface area (Å²) in [7, 11) is 1.47. The average molecular weight is 283 g/mol. The third kappa shape index (κ3) is 1.62. The Morgan fingerprint density at radius 3 is 2.81 bits per heavy atom. The number of rotatable bonds is 2. The Kier molecular flexibility index (Phi) is 2.31. The van der Waals surface area contributed by atoms with Gasteiger partial charge in [0.1, 0.15) is 0 Å². The van der Waals surface area contributed by atoms with Crippen LogP contribution in [0.1, 0.15) is 0 Å². The first kappa shape index (κ1) is 11.6. The summed E-state index contributed by atoms with van der Waals surface area (Å²) in [5, 5.41) is 16.0. The van der Waals surface area contributed by atoms with Gasteiger partial charge in [0.25, 0.3) is 5.56 Å². The van der Waals surface area contributed by atoms with Crippen molar-refractivity contribution in [2.45, 2.75) is 0 Å². The molecule has 4 aromatic rings. The number of nitrogens with zero attached hydrogens (tertiary/aromatic N) is 4. The number of nitrogens with one attached hydrogen (secondary N) is 1. The van der Waals surface area contributed by atoms with Crippen molar-refractivity contribution in [1.29, 1.82) is 0 Å². The van der Waals surface area contributed by atoms with Crippen LogP contribution >= 0.6 is 0 Å². The van der Waals surface area contributed by atoms with Gasteiger partial charge in [-0.15, -0.1) is 10.2 Å². The van der Waals surface area contributed by atoms with Gasteiger partial charge >= 0.3 is 5.95 Å². The van der Waals surface area contributed by atoms with Crippen molar-refractivity contribution in [2.24, 2.45) is 0 Å². The number of fused-ring (bicyclic) bond motifs is 3. The highest BCUT2D eigenvalue weighted by Crippen LogP contribution is 2.23. The van der Waals surface area contributed by atoms with E-state index < -0.39 is 0 Å². The lowest BCUT2D eigenvalue weighted by Gasteiger charge is -2.00. The first-order chi connectivity index (χ1) is 10.3. The summed E-state index contributed by atoms with van der Waals surface area (Å²) in [6, 6.07) is 8.77. The van der Waals surface area contributed by atoms with Gasteiger partial charge in [0.2, 0.25) is 5.82 Å². The fourth-order valence-electron chi connectivity index (χ4n) is 2.23. The van der Waals surface area contributed by atoms with Crippen LogP contribution in [0.3, 0.4) is 0 Å². The van der Waals surface area contributed by atoms with Crippen LogP contribution < -0.4 is 10.3 Å². The highest BCUT2D eigenvalue weighted by molar-refractivity contribution is 5.93. The molecule has 8 nitrogen and oxygen atoms in total. The molecular weight excluding hydrogens is 274 g/mol. The SMILES string of the molecule is COc1cc(-c2nnc3c4ccccc4c(=O)[nH]n23)no1. The third-order valence-electron chi connectivity index (χ3n) is 3.21. The Hall–Kier alpha value is -3.16. The molecule has 0 aliphatic rings. The minimum atomic E-state index is -0.227. The molecule has 0 saturated heterocycles. The van der Waals surface area contributed by atoms with Crippen LogP contribution in [-0.4, -0.2) is 32.1 Å². The van der Waals surface area contributed by atoms with Crippen LogP contribution in [0.5, 0.6) is 5.95 Å². The fourth-order valence-corrected chi connectivity index (χ4v) is 2.23. The van der Waals surface area contributed by atoms with E-state index in [1.165, 1.54) is 11.6 Å². The van der Waals surface area contributed by atoms with Crippen LogP contribution in [-0.2, 0) is 0 Å². The van der Waals surface area contributed by atoms with Gasteiger partial charge in [0, 0.05) is 5.39 Å². The van der Waals surface area contributed by atoms with Crippen molar-refractivity contribution in [3.63, 3.8) is 0 Å².